The molecule has 0 radical (unpaired) electrons. The fourth-order valence-corrected chi connectivity index (χ4v) is 2.46. The average molecular weight is 265 g/mol. The highest BCUT2D eigenvalue weighted by atomic mass is 19.1. The second-order valence-corrected chi connectivity index (χ2v) is 5.94. The van der Waals surface area contributed by atoms with Gasteiger partial charge in [-0.15, -0.1) is 0 Å². The van der Waals surface area contributed by atoms with Gasteiger partial charge in [0.05, 0.1) is 0 Å². The van der Waals surface area contributed by atoms with Crippen LogP contribution in [0.15, 0.2) is 24.3 Å². The van der Waals surface area contributed by atoms with E-state index in [4.69, 9.17) is 0 Å². The van der Waals surface area contributed by atoms with E-state index in [0.29, 0.717) is 0 Å². The van der Waals surface area contributed by atoms with Crippen molar-refractivity contribution in [2.24, 2.45) is 0 Å². The van der Waals surface area contributed by atoms with E-state index >= 15 is 0 Å². The van der Waals surface area contributed by atoms with Crippen molar-refractivity contribution in [3.05, 3.63) is 30.1 Å². The van der Waals surface area contributed by atoms with Gasteiger partial charge in [-0.3, -0.25) is 9.80 Å². The molecule has 0 spiro atoms. The number of nitrogens with one attached hydrogen (secondary N) is 1. The molecule has 1 heterocycles. The Morgan fingerprint density at radius 1 is 1.21 bits per heavy atom. The minimum Gasteiger partial charge on any atom is -0.384 e. The molecule has 1 fully saturated rings. The number of rotatable bonds is 4. The van der Waals surface area contributed by atoms with E-state index < -0.39 is 0 Å². The van der Waals surface area contributed by atoms with Gasteiger partial charge in [0, 0.05) is 44.0 Å². The summed E-state index contributed by atoms with van der Waals surface area (Å²) >= 11 is 0. The summed E-state index contributed by atoms with van der Waals surface area (Å²) in [5, 5.41) is 3.34. The van der Waals surface area contributed by atoms with Gasteiger partial charge in [-0.25, -0.2) is 4.39 Å². The summed E-state index contributed by atoms with van der Waals surface area (Å²) in [6, 6.07) is 6.54. The van der Waals surface area contributed by atoms with Gasteiger partial charge < -0.3 is 5.32 Å². The number of anilines is 1. The molecule has 1 aromatic carbocycles. The smallest absolute Gasteiger partial charge is 0.123 e. The number of piperazine rings is 1. The standard InChI is InChI=1S/C15H24FN3/c1-15(2)12-19(11-10-18(15)3)9-8-17-14-6-4-13(16)5-7-14/h4-7,17H,8-12H2,1-3H3. The molecule has 4 heteroatoms. The molecule has 2 rings (SSSR count). The van der Waals surface area contributed by atoms with Crippen LogP contribution < -0.4 is 5.32 Å². The molecule has 0 amide bonds. The van der Waals surface area contributed by atoms with Crippen LogP contribution in [-0.4, -0.2) is 55.1 Å². The number of benzene rings is 1. The van der Waals surface area contributed by atoms with Crippen LogP contribution in [0.2, 0.25) is 0 Å². The highest BCUT2D eigenvalue weighted by Crippen LogP contribution is 2.18. The maximum Gasteiger partial charge on any atom is 0.123 e. The van der Waals surface area contributed by atoms with Gasteiger partial charge in [0.25, 0.3) is 0 Å². The first-order valence-electron chi connectivity index (χ1n) is 6.90. The lowest BCUT2D eigenvalue weighted by molar-refractivity contribution is 0.0423. The largest absolute Gasteiger partial charge is 0.384 e. The van der Waals surface area contributed by atoms with Crippen molar-refractivity contribution < 1.29 is 4.39 Å². The van der Waals surface area contributed by atoms with Crippen LogP contribution in [-0.2, 0) is 0 Å². The predicted molar refractivity (Wildman–Crippen MR) is 78.0 cm³/mol. The van der Waals surface area contributed by atoms with Gasteiger partial charge in [0.1, 0.15) is 5.82 Å². The van der Waals surface area contributed by atoms with Crippen LogP contribution in [0, 0.1) is 5.82 Å². The van der Waals surface area contributed by atoms with Gasteiger partial charge in [-0.05, 0) is 45.2 Å². The van der Waals surface area contributed by atoms with Crippen molar-refractivity contribution in [1.29, 1.82) is 0 Å². The average Bonchev–Trinajstić information content (AvgIpc) is 2.36. The molecule has 0 atom stereocenters. The van der Waals surface area contributed by atoms with Crippen molar-refractivity contribution in [2.45, 2.75) is 19.4 Å². The van der Waals surface area contributed by atoms with Crippen LogP contribution in [0.3, 0.4) is 0 Å². The SMILES string of the molecule is CN1CCN(CCNc2ccc(F)cc2)CC1(C)C. The molecule has 0 unspecified atom stereocenters. The third-order valence-electron chi connectivity index (χ3n) is 4.00. The monoisotopic (exact) mass is 265 g/mol. The highest BCUT2D eigenvalue weighted by molar-refractivity contribution is 5.42. The van der Waals surface area contributed by atoms with Gasteiger partial charge in [-0.2, -0.15) is 0 Å². The summed E-state index contributed by atoms with van der Waals surface area (Å²) in [4.78, 5) is 4.90. The van der Waals surface area contributed by atoms with Gasteiger partial charge >= 0.3 is 0 Å². The molecule has 0 aliphatic carbocycles. The lowest BCUT2D eigenvalue weighted by Gasteiger charge is -2.45. The minimum atomic E-state index is -0.189. The minimum absolute atomic E-state index is 0.189. The number of halogens is 1. The first-order valence-corrected chi connectivity index (χ1v) is 6.90. The van der Waals surface area contributed by atoms with E-state index in [1.54, 1.807) is 12.1 Å². The lowest BCUT2D eigenvalue weighted by Crippen LogP contribution is -2.58. The Hall–Kier alpha value is -1.13. The molecule has 0 aromatic heterocycles. The van der Waals surface area contributed by atoms with Gasteiger partial charge in [-0.1, -0.05) is 0 Å². The molecule has 1 N–H and O–H groups in total. The van der Waals surface area contributed by atoms with Crippen LogP contribution in [0.25, 0.3) is 0 Å². The van der Waals surface area contributed by atoms with Crippen LogP contribution in [0.1, 0.15) is 13.8 Å². The number of hydrogen-bond acceptors (Lipinski definition) is 3. The third kappa shape index (κ3) is 3.91. The summed E-state index contributed by atoms with van der Waals surface area (Å²) in [7, 11) is 2.19. The Morgan fingerprint density at radius 2 is 1.89 bits per heavy atom. The molecule has 19 heavy (non-hydrogen) atoms. The Kier molecular flexibility index (Phi) is 4.42. The first-order chi connectivity index (χ1) is 8.97. The Morgan fingerprint density at radius 3 is 2.53 bits per heavy atom. The zero-order chi connectivity index (χ0) is 13.9. The Balaban J connectivity index is 1.76. The first kappa shape index (κ1) is 14.3. The van der Waals surface area contributed by atoms with Crippen molar-refractivity contribution in [3.8, 4) is 0 Å². The van der Waals surface area contributed by atoms with E-state index in [1.807, 2.05) is 0 Å². The molecule has 1 aliphatic heterocycles. The number of nitrogens with zero attached hydrogens (tertiary/aromatic N) is 2. The number of likely N-dealkylation sites (N-methyl/N-ethyl adjacent to an activating group) is 1. The lowest BCUT2D eigenvalue weighted by atomic mass is 10.00. The van der Waals surface area contributed by atoms with Crippen molar-refractivity contribution in [1.82, 2.24) is 9.80 Å². The van der Waals surface area contributed by atoms with Crippen molar-refractivity contribution >= 4 is 5.69 Å². The van der Waals surface area contributed by atoms with E-state index in [9.17, 15) is 4.39 Å². The number of hydrogen-bond donors (Lipinski definition) is 1. The fraction of sp³-hybridized carbons (Fsp3) is 0.600. The van der Waals surface area contributed by atoms with Crippen molar-refractivity contribution in [3.63, 3.8) is 0 Å². The molecular weight excluding hydrogens is 241 g/mol. The Bertz CT molecular complexity index is 402. The van der Waals surface area contributed by atoms with E-state index in [-0.39, 0.29) is 11.4 Å². The summed E-state index contributed by atoms with van der Waals surface area (Å²) in [6.45, 7) is 9.81. The van der Waals surface area contributed by atoms with Crippen LogP contribution in [0.5, 0.6) is 0 Å². The molecule has 1 aliphatic rings. The van der Waals surface area contributed by atoms with Crippen molar-refractivity contribution in [2.75, 3.05) is 45.1 Å². The summed E-state index contributed by atoms with van der Waals surface area (Å²) < 4.78 is 12.8. The second kappa shape index (κ2) is 5.88. The normalized spacial score (nSPS) is 20.4. The fourth-order valence-electron chi connectivity index (χ4n) is 2.46. The maximum absolute atomic E-state index is 12.8. The van der Waals surface area contributed by atoms with Crippen LogP contribution in [0.4, 0.5) is 10.1 Å². The molecule has 3 nitrogen and oxygen atoms in total. The topological polar surface area (TPSA) is 18.5 Å². The molecular formula is C15H24FN3. The summed E-state index contributed by atoms with van der Waals surface area (Å²) in [5.41, 5.74) is 1.23. The molecule has 1 aromatic rings. The highest BCUT2D eigenvalue weighted by Gasteiger charge is 2.30. The van der Waals surface area contributed by atoms with E-state index in [2.05, 4.69) is 36.0 Å². The van der Waals surface area contributed by atoms with E-state index in [0.717, 1.165) is 38.4 Å². The maximum atomic E-state index is 12.8. The van der Waals surface area contributed by atoms with E-state index in [1.165, 1.54) is 12.1 Å². The molecule has 106 valence electrons. The van der Waals surface area contributed by atoms with Gasteiger partial charge in [0.15, 0.2) is 0 Å². The molecule has 0 saturated carbocycles. The Labute approximate surface area is 115 Å². The molecule has 1 saturated heterocycles. The second-order valence-electron chi connectivity index (χ2n) is 5.94. The quantitative estimate of drug-likeness (QED) is 0.901. The van der Waals surface area contributed by atoms with Gasteiger partial charge in [0.2, 0.25) is 0 Å². The summed E-state index contributed by atoms with van der Waals surface area (Å²) in [5.74, 6) is -0.189. The molecule has 0 bridgehead atoms. The zero-order valence-corrected chi connectivity index (χ0v) is 12.1. The zero-order valence-electron chi connectivity index (χ0n) is 12.1. The predicted octanol–water partition coefficient (Wildman–Crippen LogP) is 2.26. The third-order valence-corrected chi connectivity index (χ3v) is 4.00. The summed E-state index contributed by atoms with van der Waals surface area (Å²) in [6.07, 6.45) is 0. The van der Waals surface area contributed by atoms with Crippen LogP contribution >= 0.6 is 0 Å².